The number of benzene rings is 1. The maximum Gasteiger partial charge on any atom is 0.336 e. The second-order valence-corrected chi connectivity index (χ2v) is 4.68. The average molecular weight is 258 g/mol. The molecule has 2 N–H and O–H groups in total. The Bertz CT molecular complexity index is 663. The third-order valence-electron chi connectivity index (χ3n) is 1.61. The van der Waals surface area contributed by atoms with E-state index in [0.717, 1.165) is 5.39 Å². The third kappa shape index (κ3) is 5.14. The summed E-state index contributed by atoms with van der Waals surface area (Å²) in [5.74, 6) is 0.0943. The number of phenolic OH excluding ortho intramolecular Hbond substituents is 1. The minimum absolute atomic E-state index is 0.0943. The van der Waals surface area contributed by atoms with Crippen molar-refractivity contribution in [1.29, 1.82) is 0 Å². The van der Waals surface area contributed by atoms with E-state index in [0.29, 0.717) is 11.8 Å². The van der Waals surface area contributed by atoms with Crippen molar-refractivity contribution in [2.24, 2.45) is 0 Å². The van der Waals surface area contributed by atoms with Crippen LogP contribution in [-0.4, -0.2) is 24.3 Å². The van der Waals surface area contributed by atoms with Crippen molar-refractivity contribution in [3.05, 3.63) is 40.8 Å². The van der Waals surface area contributed by atoms with E-state index >= 15 is 0 Å². The molecule has 0 amide bonds. The highest BCUT2D eigenvalue weighted by atomic mass is 32.2. The van der Waals surface area contributed by atoms with Gasteiger partial charge in [-0.1, -0.05) is 0 Å². The van der Waals surface area contributed by atoms with Crippen LogP contribution in [0, 0.1) is 0 Å². The Hall–Kier alpha value is -1.86. The number of aromatic hydroxyl groups is 1. The molecule has 0 atom stereocenters. The van der Waals surface area contributed by atoms with E-state index in [9.17, 15) is 13.2 Å². The van der Waals surface area contributed by atoms with Crippen LogP contribution < -0.4 is 5.63 Å². The molecule has 0 fully saturated rings. The summed E-state index contributed by atoms with van der Waals surface area (Å²) in [6, 6.07) is 7.65. The van der Waals surface area contributed by atoms with E-state index in [4.69, 9.17) is 14.1 Å². The molecule has 0 aliphatic carbocycles. The minimum atomic E-state index is -3.67. The van der Waals surface area contributed by atoms with Gasteiger partial charge in [0.1, 0.15) is 11.3 Å². The van der Waals surface area contributed by atoms with Crippen LogP contribution >= 0.6 is 0 Å². The van der Waals surface area contributed by atoms with Crippen molar-refractivity contribution in [3.8, 4) is 5.75 Å². The summed E-state index contributed by atoms with van der Waals surface area (Å²) in [5.41, 5.74) is -0.00407. The van der Waals surface area contributed by atoms with Crippen LogP contribution in [-0.2, 0) is 10.1 Å². The maximum atomic E-state index is 10.7. The van der Waals surface area contributed by atoms with Gasteiger partial charge in [-0.3, -0.25) is 4.55 Å². The second-order valence-electron chi connectivity index (χ2n) is 3.21. The number of hydrogen-bond donors (Lipinski definition) is 2. The topological polar surface area (TPSA) is 105 Å². The van der Waals surface area contributed by atoms with Gasteiger partial charge < -0.3 is 9.52 Å². The quantitative estimate of drug-likeness (QED) is 0.539. The summed E-state index contributed by atoms with van der Waals surface area (Å²) in [7, 11) is -3.67. The molecule has 7 heteroatoms. The Morgan fingerprint density at radius 2 is 1.71 bits per heavy atom. The van der Waals surface area contributed by atoms with Gasteiger partial charge >= 0.3 is 5.63 Å². The van der Waals surface area contributed by atoms with Crippen LogP contribution in [0.15, 0.2) is 39.5 Å². The Morgan fingerprint density at radius 1 is 1.18 bits per heavy atom. The van der Waals surface area contributed by atoms with Gasteiger partial charge in [-0.05, 0) is 18.2 Å². The van der Waals surface area contributed by atoms with E-state index in [2.05, 4.69) is 0 Å². The van der Waals surface area contributed by atoms with E-state index in [-0.39, 0.29) is 5.75 Å². The first-order chi connectivity index (χ1) is 7.75. The summed E-state index contributed by atoms with van der Waals surface area (Å²) in [6.45, 7) is 0. The number of hydrogen-bond acceptors (Lipinski definition) is 5. The minimum Gasteiger partial charge on any atom is -0.508 e. The molecule has 1 aromatic carbocycles. The SMILES string of the molecule is CS(=O)(=O)O.O=c1ccc2ccc(O)cc2o1. The zero-order valence-corrected chi connectivity index (χ0v) is 9.64. The molecular formula is C10H10O6S. The lowest BCUT2D eigenvalue weighted by atomic mass is 10.2. The summed E-state index contributed by atoms with van der Waals surface area (Å²) >= 11 is 0. The summed E-state index contributed by atoms with van der Waals surface area (Å²) in [4.78, 5) is 10.7. The van der Waals surface area contributed by atoms with Gasteiger partial charge in [0.05, 0.1) is 6.26 Å². The Balaban J connectivity index is 0.000000249. The van der Waals surface area contributed by atoms with Crippen LogP contribution in [0.25, 0.3) is 11.0 Å². The summed E-state index contributed by atoms with van der Waals surface area (Å²) in [6.07, 6.45) is 0.715. The van der Waals surface area contributed by atoms with Gasteiger partial charge in [-0.2, -0.15) is 8.42 Å². The van der Waals surface area contributed by atoms with Crippen molar-refractivity contribution in [2.45, 2.75) is 0 Å². The van der Waals surface area contributed by atoms with Crippen molar-refractivity contribution in [1.82, 2.24) is 0 Å². The lowest BCUT2D eigenvalue weighted by Gasteiger charge is -1.94. The molecule has 0 saturated carbocycles. The fraction of sp³-hybridized carbons (Fsp3) is 0.100. The van der Waals surface area contributed by atoms with E-state index in [1.807, 2.05) is 0 Å². The Kier molecular flexibility index (Phi) is 3.87. The third-order valence-corrected chi connectivity index (χ3v) is 1.61. The molecule has 0 aliphatic heterocycles. The lowest BCUT2D eigenvalue weighted by molar-refractivity contribution is 0.473. The molecular weight excluding hydrogens is 248 g/mol. The number of phenols is 1. The maximum absolute atomic E-state index is 10.7. The van der Waals surface area contributed by atoms with Crippen molar-refractivity contribution >= 4 is 21.1 Å². The van der Waals surface area contributed by atoms with E-state index in [1.165, 1.54) is 12.1 Å². The highest BCUT2D eigenvalue weighted by Gasteiger charge is 1.96. The van der Waals surface area contributed by atoms with Gasteiger partial charge in [-0.25, -0.2) is 4.79 Å². The van der Waals surface area contributed by atoms with E-state index in [1.54, 1.807) is 18.2 Å². The molecule has 92 valence electrons. The zero-order valence-electron chi connectivity index (χ0n) is 8.82. The van der Waals surface area contributed by atoms with Crippen LogP contribution in [0.5, 0.6) is 5.75 Å². The average Bonchev–Trinajstić information content (AvgIpc) is 2.14. The second kappa shape index (κ2) is 4.98. The molecule has 17 heavy (non-hydrogen) atoms. The first-order valence-electron chi connectivity index (χ1n) is 4.41. The van der Waals surface area contributed by atoms with Crippen molar-refractivity contribution in [3.63, 3.8) is 0 Å². The van der Waals surface area contributed by atoms with Crippen molar-refractivity contribution < 1.29 is 22.5 Å². The fourth-order valence-corrected chi connectivity index (χ4v) is 1.05. The van der Waals surface area contributed by atoms with Gasteiger partial charge in [0.25, 0.3) is 10.1 Å². The standard InChI is InChI=1S/C9H6O3.CH4O3S/c10-7-3-1-6-2-4-9(11)12-8(6)5-7;1-5(2,3)4/h1-5,10H;1H3,(H,2,3,4). The molecule has 2 rings (SSSR count). The highest BCUT2D eigenvalue weighted by molar-refractivity contribution is 7.85. The zero-order chi connectivity index (χ0) is 13.1. The predicted molar refractivity (Wildman–Crippen MR) is 61.6 cm³/mol. The molecule has 0 aliphatic rings. The van der Waals surface area contributed by atoms with Gasteiger partial charge in [-0.15, -0.1) is 0 Å². The van der Waals surface area contributed by atoms with Crippen LogP contribution in [0.3, 0.4) is 0 Å². The summed E-state index contributed by atoms with van der Waals surface area (Å²) < 4.78 is 30.7. The van der Waals surface area contributed by atoms with E-state index < -0.39 is 15.7 Å². The van der Waals surface area contributed by atoms with Crippen LogP contribution in [0.4, 0.5) is 0 Å². The first-order valence-corrected chi connectivity index (χ1v) is 6.26. The molecule has 0 bridgehead atoms. The largest absolute Gasteiger partial charge is 0.508 e. The van der Waals surface area contributed by atoms with Crippen LogP contribution in [0.1, 0.15) is 0 Å². The number of fused-ring (bicyclic) bond motifs is 1. The molecule has 6 nitrogen and oxygen atoms in total. The first kappa shape index (κ1) is 13.2. The molecule has 0 radical (unpaired) electrons. The smallest absolute Gasteiger partial charge is 0.336 e. The predicted octanol–water partition coefficient (Wildman–Crippen LogP) is 1.00. The highest BCUT2D eigenvalue weighted by Crippen LogP contribution is 2.17. The monoisotopic (exact) mass is 258 g/mol. The Morgan fingerprint density at radius 3 is 2.29 bits per heavy atom. The lowest BCUT2D eigenvalue weighted by Crippen LogP contribution is -1.93. The molecule has 0 unspecified atom stereocenters. The van der Waals surface area contributed by atoms with Gasteiger partial charge in [0, 0.05) is 17.5 Å². The number of rotatable bonds is 0. The molecule has 1 aromatic heterocycles. The molecule has 2 aromatic rings. The summed E-state index contributed by atoms with van der Waals surface area (Å²) in [5, 5.41) is 9.86. The Labute approximate surface area is 96.9 Å². The fourth-order valence-electron chi connectivity index (χ4n) is 1.05. The van der Waals surface area contributed by atoms with Crippen molar-refractivity contribution in [2.75, 3.05) is 6.26 Å². The normalized spacial score (nSPS) is 10.7. The van der Waals surface area contributed by atoms with Gasteiger partial charge in [0.2, 0.25) is 0 Å². The molecule has 1 heterocycles. The van der Waals surface area contributed by atoms with Crippen LogP contribution in [0.2, 0.25) is 0 Å². The molecule has 0 spiro atoms. The van der Waals surface area contributed by atoms with Gasteiger partial charge in [0.15, 0.2) is 0 Å². The molecule has 0 saturated heterocycles.